The van der Waals surface area contributed by atoms with Crippen LogP contribution in [0.5, 0.6) is 0 Å². The fraction of sp³-hybridized carbons (Fsp3) is 0.350. The van der Waals surface area contributed by atoms with E-state index in [4.69, 9.17) is 0 Å². The minimum atomic E-state index is -3.29. The van der Waals surface area contributed by atoms with Crippen molar-refractivity contribution in [3.05, 3.63) is 58.7 Å². The third kappa shape index (κ3) is 4.31. The van der Waals surface area contributed by atoms with Gasteiger partial charge < -0.3 is 10.2 Å². The van der Waals surface area contributed by atoms with Crippen molar-refractivity contribution >= 4 is 27.3 Å². The number of amides is 1. The van der Waals surface area contributed by atoms with E-state index in [2.05, 4.69) is 16.3 Å². The highest BCUT2D eigenvalue weighted by Crippen LogP contribution is 2.31. The highest BCUT2D eigenvalue weighted by molar-refractivity contribution is 7.92. The Kier molecular flexibility index (Phi) is 5.26. The summed E-state index contributed by atoms with van der Waals surface area (Å²) in [5.74, 6) is -0.195. The van der Waals surface area contributed by atoms with Gasteiger partial charge in [0.2, 0.25) is 10.0 Å². The largest absolute Gasteiger partial charge is 0.322 e. The van der Waals surface area contributed by atoms with E-state index < -0.39 is 10.0 Å². The number of sulfonamides is 1. The van der Waals surface area contributed by atoms with Crippen LogP contribution >= 0.6 is 0 Å². The van der Waals surface area contributed by atoms with Gasteiger partial charge in [0.05, 0.1) is 11.9 Å². The molecule has 7 heteroatoms. The third-order valence-corrected chi connectivity index (χ3v) is 5.77. The molecule has 0 unspecified atom stereocenters. The van der Waals surface area contributed by atoms with Gasteiger partial charge in [0.15, 0.2) is 0 Å². The van der Waals surface area contributed by atoms with Crippen molar-refractivity contribution in [1.82, 2.24) is 4.90 Å². The first-order valence-corrected chi connectivity index (χ1v) is 10.7. The average Bonchev–Trinajstić information content (AvgIpc) is 3.00. The minimum absolute atomic E-state index is 0.195. The monoisotopic (exact) mass is 387 g/mol. The van der Waals surface area contributed by atoms with E-state index in [1.165, 1.54) is 10.6 Å². The van der Waals surface area contributed by atoms with Crippen LogP contribution in [-0.2, 0) is 23.0 Å². The van der Waals surface area contributed by atoms with Crippen LogP contribution in [0.2, 0.25) is 0 Å². The molecule has 2 aromatic carbocycles. The van der Waals surface area contributed by atoms with Gasteiger partial charge in [0.25, 0.3) is 5.91 Å². The van der Waals surface area contributed by atoms with Gasteiger partial charge in [-0.1, -0.05) is 17.7 Å². The van der Waals surface area contributed by atoms with E-state index in [1.807, 2.05) is 33.2 Å². The first-order valence-electron chi connectivity index (χ1n) is 8.81. The number of nitrogens with zero attached hydrogens (tertiary/aromatic N) is 2. The second-order valence-electron chi connectivity index (χ2n) is 7.28. The normalized spacial score (nSPS) is 13.7. The lowest BCUT2D eigenvalue weighted by Gasteiger charge is -2.17. The van der Waals surface area contributed by atoms with Crippen molar-refractivity contribution in [1.29, 1.82) is 0 Å². The third-order valence-electron chi connectivity index (χ3n) is 4.59. The summed E-state index contributed by atoms with van der Waals surface area (Å²) in [5.41, 5.74) is 5.06. The number of hydrogen-bond acceptors (Lipinski definition) is 4. The van der Waals surface area contributed by atoms with E-state index >= 15 is 0 Å². The number of aryl methyl sites for hydroxylation is 1. The standard InChI is InChI=1S/C20H25N3O3S/c1-14-5-7-18(17(11-14)13-22(2)3)21-20(24)16-6-8-19-15(12-16)9-10-23(19)27(4,25)26/h5-8,11-12H,9-10,13H2,1-4H3,(H,21,24). The Bertz CT molecular complexity index is 984. The van der Waals surface area contributed by atoms with Crippen molar-refractivity contribution in [2.45, 2.75) is 19.9 Å². The summed E-state index contributed by atoms with van der Waals surface area (Å²) in [6, 6.07) is 11.1. The number of nitrogens with one attached hydrogen (secondary N) is 1. The van der Waals surface area contributed by atoms with Crippen LogP contribution in [0.4, 0.5) is 11.4 Å². The number of rotatable bonds is 5. The summed E-state index contributed by atoms with van der Waals surface area (Å²) in [5, 5.41) is 2.99. The molecule has 0 fully saturated rings. The van der Waals surface area contributed by atoms with Crippen LogP contribution < -0.4 is 9.62 Å². The van der Waals surface area contributed by atoms with Crippen LogP contribution in [0.3, 0.4) is 0 Å². The quantitative estimate of drug-likeness (QED) is 0.856. The summed E-state index contributed by atoms with van der Waals surface area (Å²) < 4.78 is 25.1. The number of carbonyl (C=O) groups excluding carboxylic acids is 1. The Morgan fingerprint density at radius 1 is 1.19 bits per heavy atom. The van der Waals surface area contributed by atoms with E-state index in [0.717, 1.165) is 28.9 Å². The van der Waals surface area contributed by atoms with Gasteiger partial charge in [-0.2, -0.15) is 0 Å². The second kappa shape index (κ2) is 7.32. The van der Waals surface area contributed by atoms with Gasteiger partial charge in [-0.15, -0.1) is 0 Å². The molecule has 1 amide bonds. The molecule has 27 heavy (non-hydrogen) atoms. The SMILES string of the molecule is Cc1ccc(NC(=O)c2ccc3c(c2)CCN3S(C)(=O)=O)c(CN(C)C)c1. The topological polar surface area (TPSA) is 69.7 Å². The molecule has 0 bridgehead atoms. The molecule has 3 rings (SSSR count). The van der Waals surface area contributed by atoms with Crippen LogP contribution in [0, 0.1) is 6.92 Å². The molecule has 2 aromatic rings. The first-order chi connectivity index (χ1) is 12.6. The van der Waals surface area contributed by atoms with Gasteiger partial charge in [-0.25, -0.2) is 8.42 Å². The zero-order valence-electron chi connectivity index (χ0n) is 16.1. The van der Waals surface area contributed by atoms with E-state index in [0.29, 0.717) is 24.2 Å². The van der Waals surface area contributed by atoms with Gasteiger partial charge in [0.1, 0.15) is 0 Å². The number of carbonyl (C=O) groups is 1. The van der Waals surface area contributed by atoms with E-state index in [1.54, 1.807) is 18.2 Å². The average molecular weight is 388 g/mol. The molecule has 0 atom stereocenters. The maximum absolute atomic E-state index is 12.8. The fourth-order valence-electron chi connectivity index (χ4n) is 3.37. The van der Waals surface area contributed by atoms with Crippen molar-refractivity contribution < 1.29 is 13.2 Å². The van der Waals surface area contributed by atoms with Crippen molar-refractivity contribution in [2.24, 2.45) is 0 Å². The van der Waals surface area contributed by atoms with Gasteiger partial charge in [0, 0.05) is 24.3 Å². The van der Waals surface area contributed by atoms with Crippen LogP contribution in [0.25, 0.3) is 0 Å². The van der Waals surface area contributed by atoms with Crippen molar-refractivity contribution in [2.75, 3.05) is 36.5 Å². The molecule has 1 heterocycles. The maximum Gasteiger partial charge on any atom is 0.255 e. The summed E-state index contributed by atoms with van der Waals surface area (Å²) >= 11 is 0. The predicted molar refractivity (Wildman–Crippen MR) is 109 cm³/mol. The lowest BCUT2D eigenvalue weighted by molar-refractivity contribution is 0.102. The van der Waals surface area contributed by atoms with Crippen LogP contribution in [-0.4, -0.2) is 46.1 Å². The zero-order valence-corrected chi connectivity index (χ0v) is 16.9. The minimum Gasteiger partial charge on any atom is -0.322 e. The number of fused-ring (bicyclic) bond motifs is 1. The molecule has 144 valence electrons. The summed E-state index contributed by atoms with van der Waals surface area (Å²) in [4.78, 5) is 14.8. The molecule has 0 radical (unpaired) electrons. The summed E-state index contributed by atoms with van der Waals surface area (Å²) in [6.07, 6.45) is 1.81. The molecule has 1 N–H and O–H groups in total. The Labute approximate surface area is 160 Å². The molecule has 0 aliphatic carbocycles. The molecular formula is C20H25N3O3S. The molecule has 0 aromatic heterocycles. The van der Waals surface area contributed by atoms with Crippen LogP contribution in [0.15, 0.2) is 36.4 Å². The molecule has 1 aliphatic heterocycles. The summed E-state index contributed by atoms with van der Waals surface area (Å²) in [6.45, 7) is 3.17. The van der Waals surface area contributed by atoms with Crippen molar-refractivity contribution in [3.63, 3.8) is 0 Å². The molecule has 0 spiro atoms. The number of anilines is 2. The maximum atomic E-state index is 12.8. The zero-order chi connectivity index (χ0) is 19.8. The van der Waals surface area contributed by atoms with Gasteiger partial charge >= 0.3 is 0 Å². The van der Waals surface area contributed by atoms with Crippen LogP contribution in [0.1, 0.15) is 27.0 Å². The second-order valence-corrected chi connectivity index (χ2v) is 9.19. The first kappa shape index (κ1) is 19.4. The van der Waals surface area contributed by atoms with E-state index in [-0.39, 0.29) is 5.91 Å². The Hall–Kier alpha value is -2.38. The Morgan fingerprint density at radius 2 is 1.93 bits per heavy atom. The highest BCUT2D eigenvalue weighted by atomic mass is 32.2. The molecule has 6 nitrogen and oxygen atoms in total. The molecule has 0 saturated heterocycles. The van der Waals surface area contributed by atoms with Gasteiger partial charge in [-0.05, 0) is 62.8 Å². The number of hydrogen-bond donors (Lipinski definition) is 1. The van der Waals surface area contributed by atoms with Crippen molar-refractivity contribution in [3.8, 4) is 0 Å². The lowest BCUT2D eigenvalue weighted by atomic mass is 10.1. The number of benzene rings is 2. The lowest BCUT2D eigenvalue weighted by Crippen LogP contribution is -2.27. The fourth-order valence-corrected chi connectivity index (χ4v) is 4.33. The highest BCUT2D eigenvalue weighted by Gasteiger charge is 2.26. The molecule has 0 saturated carbocycles. The Morgan fingerprint density at radius 3 is 2.59 bits per heavy atom. The Balaban J connectivity index is 1.84. The summed E-state index contributed by atoms with van der Waals surface area (Å²) in [7, 11) is 0.685. The molecule has 1 aliphatic rings. The van der Waals surface area contributed by atoms with Gasteiger partial charge in [-0.3, -0.25) is 9.10 Å². The smallest absolute Gasteiger partial charge is 0.255 e. The molecular weight excluding hydrogens is 362 g/mol. The van der Waals surface area contributed by atoms with E-state index in [9.17, 15) is 13.2 Å². The predicted octanol–water partition coefficient (Wildman–Crippen LogP) is 2.63.